The normalized spacial score (nSPS) is 22.9. The van der Waals surface area contributed by atoms with Crippen LogP contribution in [0.3, 0.4) is 0 Å². The molecule has 0 spiro atoms. The van der Waals surface area contributed by atoms with Gasteiger partial charge in [-0.05, 0) is 50.7 Å². The quantitative estimate of drug-likeness (QED) is 0.828. The van der Waals surface area contributed by atoms with Gasteiger partial charge in [-0.3, -0.25) is 14.5 Å². The van der Waals surface area contributed by atoms with Crippen LogP contribution in [0.2, 0.25) is 0 Å². The maximum atomic E-state index is 13.1. The smallest absolute Gasteiger partial charge is 0.242 e. The molecule has 1 aliphatic heterocycles. The highest BCUT2D eigenvalue weighted by Gasteiger charge is 2.35. The number of carbonyl (C=O) groups excluding carboxylic acids is 1. The minimum atomic E-state index is 0.174. The molecule has 0 radical (unpaired) electrons. The van der Waals surface area contributed by atoms with Crippen molar-refractivity contribution in [1.82, 2.24) is 19.7 Å². The largest absolute Gasteiger partial charge is 0.338 e. The molecule has 1 aromatic heterocycles. The van der Waals surface area contributed by atoms with Crippen molar-refractivity contribution >= 4 is 18.1 Å². The van der Waals surface area contributed by atoms with Crippen LogP contribution in [-0.2, 0) is 11.3 Å². The van der Waals surface area contributed by atoms with E-state index in [4.69, 9.17) is 12.2 Å². The van der Waals surface area contributed by atoms with Gasteiger partial charge in [0.25, 0.3) is 0 Å². The highest BCUT2D eigenvalue weighted by atomic mass is 32.1. The van der Waals surface area contributed by atoms with Crippen LogP contribution in [0.25, 0.3) is 11.4 Å². The number of aromatic amines is 1. The third-order valence-corrected chi connectivity index (χ3v) is 6.24. The van der Waals surface area contributed by atoms with Gasteiger partial charge in [0.1, 0.15) is 6.54 Å². The zero-order valence-corrected chi connectivity index (χ0v) is 16.1. The third kappa shape index (κ3) is 3.34. The number of piperidine rings is 1. The van der Waals surface area contributed by atoms with Gasteiger partial charge in [-0.15, -0.1) is 0 Å². The fourth-order valence-corrected chi connectivity index (χ4v) is 4.74. The van der Waals surface area contributed by atoms with E-state index in [-0.39, 0.29) is 12.5 Å². The van der Waals surface area contributed by atoms with E-state index in [2.05, 4.69) is 34.2 Å². The molecule has 2 atom stereocenters. The number of amides is 1. The summed E-state index contributed by atoms with van der Waals surface area (Å²) in [5, 5.41) is 7.23. The van der Waals surface area contributed by atoms with Crippen LogP contribution in [0.5, 0.6) is 0 Å². The van der Waals surface area contributed by atoms with Crippen LogP contribution in [0.15, 0.2) is 24.3 Å². The Morgan fingerprint density at radius 3 is 2.73 bits per heavy atom. The topological polar surface area (TPSA) is 53.9 Å². The number of aromatic nitrogens is 3. The summed E-state index contributed by atoms with van der Waals surface area (Å²) < 4.78 is 2.35. The lowest BCUT2D eigenvalue weighted by Gasteiger charge is -2.44. The molecule has 1 aliphatic carbocycles. The molecule has 1 N–H and O–H groups in total. The number of likely N-dealkylation sites (tertiary alicyclic amines) is 1. The molecule has 6 heteroatoms. The Morgan fingerprint density at radius 1 is 1.19 bits per heavy atom. The lowest BCUT2D eigenvalue weighted by Crippen LogP contribution is -2.50. The number of hydrogen-bond acceptors (Lipinski definition) is 3. The van der Waals surface area contributed by atoms with E-state index in [1.165, 1.54) is 31.2 Å². The molecule has 2 aromatic rings. The summed E-state index contributed by atoms with van der Waals surface area (Å²) in [6, 6.07) is 8.58. The van der Waals surface area contributed by atoms with Gasteiger partial charge in [0.15, 0.2) is 10.6 Å². The molecule has 2 heterocycles. The Hall–Kier alpha value is -1.95. The van der Waals surface area contributed by atoms with Crippen molar-refractivity contribution in [2.45, 2.75) is 58.0 Å². The van der Waals surface area contributed by atoms with E-state index in [1.807, 2.05) is 16.7 Å². The summed E-state index contributed by atoms with van der Waals surface area (Å²) in [6.07, 6.45) is 7.37. The number of aryl methyl sites for hydroxylation is 1. The summed E-state index contributed by atoms with van der Waals surface area (Å²) in [4.78, 5) is 15.3. The van der Waals surface area contributed by atoms with Crippen LogP contribution in [0, 0.1) is 17.6 Å². The first-order chi connectivity index (χ1) is 12.6. The molecule has 1 aromatic carbocycles. The summed E-state index contributed by atoms with van der Waals surface area (Å²) in [5.74, 6) is 1.60. The average Bonchev–Trinajstić information content (AvgIpc) is 3.02. The van der Waals surface area contributed by atoms with Gasteiger partial charge in [-0.25, -0.2) is 0 Å². The molecule has 1 saturated carbocycles. The van der Waals surface area contributed by atoms with Gasteiger partial charge in [-0.2, -0.15) is 5.10 Å². The fraction of sp³-hybridized carbons (Fsp3) is 0.550. The maximum Gasteiger partial charge on any atom is 0.242 e. The second-order valence-electron chi connectivity index (χ2n) is 7.65. The number of nitrogens with zero attached hydrogens (tertiary/aromatic N) is 3. The summed E-state index contributed by atoms with van der Waals surface area (Å²) >= 11 is 5.41. The molecule has 5 nitrogen and oxygen atoms in total. The van der Waals surface area contributed by atoms with Crippen molar-refractivity contribution in [3.05, 3.63) is 34.6 Å². The van der Waals surface area contributed by atoms with Gasteiger partial charge >= 0.3 is 0 Å². The standard InChI is InChI=1S/C20H26N4OS/c1-14-8-10-16(11-9-14)19-21-22-20(26)24(19)13-18(25)23-12-4-6-15-5-2-3-7-17(15)23/h8-11,15,17H,2-7,12-13H2,1H3,(H,22,26). The van der Waals surface area contributed by atoms with Gasteiger partial charge in [0.2, 0.25) is 5.91 Å². The van der Waals surface area contributed by atoms with E-state index < -0.39 is 0 Å². The molecule has 138 valence electrons. The molecule has 2 fully saturated rings. The first-order valence-corrected chi connectivity index (χ1v) is 10.1. The Labute approximate surface area is 159 Å². The first kappa shape index (κ1) is 17.5. The Morgan fingerprint density at radius 2 is 1.92 bits per heavy atom. The van der Waals surface area contributed by atoms with Crippen molar-refractivity contribution < 1.29 is 4.79 Å². The van der Waals surface area contributed by atoms with Gasteiger partial charge < -0.3 is 4.90 Å². The molecule has 26 heavy (non-hydrogen) atoms. The van der Waals surface area contributed by atoms with Gasteiger partial charge in [0.05, 0.1) is 0 Å². The van der Waals surface area contributed by atoms with E-state index in [9.17, 15) is 4.79 Å². The Bertz CT molecular complexity index is 836. The van der Waals surface area contributed by atoms with Crippen LogP contribution < -0.4 is 0 Å². The Kier molecular flexibility index (Phi) is 4.94. The maximum absolute atomic E-state index is 13.1. The van der Waals surface area contributed by atoms with Crippen LogP contribution in [0.1, 0.15) is 44.1 Å². The van der Waals surface area contributed by atoms with Crippen LogP contribution in [-0.4, -0.2) is 38.2 Å². The number of rotatable bonds is 3. The number of H-pyrrole nitrogens is 1. The highest BCUT2D eigenvalue weighted by Crippen LogP contribution is 2.35. The number of carbonyl (C=O) groups is 1. The molecular formula is C20H26N4OS. The predicted molar refractivity (Wildman–Crippen MR) is 104 cm³/mol. The van der Waals surface area contributed by atoms with E-state index >= 15 is 0 Å². The van der Waals surface area contributed by atoms with Crippen molar-refractivity contribution in [2.75, 3.05) is 6.54 Å². The molecule has 2 aliphatic rings. The summed E-state index contributed by atoms with van der Waals surface area (Å²) in [6.45, 7) is 3.20. The zero-order chi connectivity index (χ0) is 18.1. The molecule has 4 rings (SSSR count). The fourth-order valence-electron chi connectivity index (χ4n) is 4.55. The SMILES string of the molecule is Cc1ccc(-c2n[nH]c(=S)n2CC(=O)N2CCCC3CCCCC32)cc1. The molecule has 0 bridgehead atoms. The predicted octanol–water partition coefficient (Wildman–Crippen LogP) is 4.10. The number of hydrogen-bond donors (Lipinski definition) is 1. The average molecular weight is 371 g/mol. The second-order valence-corrected chi connectivity index (χ2v) is 8.03. The minimum Gasteiger partial charge on any atom is -0.338 e. The molecular weight excluding hydrogens is 344 g/mol. The third-order valence-electron chi connectivity index (χ3n) is 5.92. The van der Waals surface area contributed by atoms with Crippen molar-refractivity contribution in [3.8, 4) is 11.4 Å². The lowest BCUT2D eigenvalue weighted by atomic mass is 9.78. The number of nitrogens with one attached hydrogen (secondary N) is 1. The van der Waals surface area contributed by atoms with Crippen LogP contribution >= 0.6 is 12.2 Å². The molecule has 2 unspecified atom stereocenters. The number of fused-ring (bicyclic) bond motifs is 1. The molecule has 1 saturated heterocycles. The van der Waals surface area contributed by atoms with Gasteiger partial charge in [0, 0.05) is 18.2 Å². The van der Waals surface area contributed by atoms with E-state index in [1.54, 1.807) is 0 Å². The highest BCUT2D eigenvalue weighted by molar-refractivity contribution is 7.71. The molecule has 1 amide bonds. The van der Waals surface area contributed by atoms with Crippen molar-refractivity contribution in [1.29, 1.82) is 0 Å². The monoisotopic (exact) mass is 370 g/mol. The van der Waals surface area contributed by atoms with E-state index in [0.29, 0.717) is 16.7 Å². The van der Waals surface area contributed by atoms with Crippen LogP contribution in [0.4, 0.5) is 0 Å². The zero-order valence-electron chi connectivity index (χ0n) is 15.3. The van der Waals surface area contributed by atoms with Crippen molar-refractivity contribution in [2.24, 2.45) is 5.92 Å². The first-order valence-electron chi connectivity index (χ1n) is 9.65. The summed E-state index contributed by atoms with van der Waals surface area (Å²) in [7, 11) is 0. The second kappa shape index (κ2) is 7.35. The minimum absolute atomic E-state index is 0.174. The summed E-state index contributed by atoms with van der Waals surface area (Å²) in [5.41, 5.74) is 2.17. The van der Waals surface area contributed by atoms with Crippen molar-refractivity contribution in [3.63, 3.8) is 0 Å². The van der Waals surface area contributed by atoms with E-state index in [0.717, 1.165) is 30.8 Å². The van der Waals surface area contributed by atoms with Gasteiger partial charge in [-0.1, -0.05) is 42.7 Å². The lowest BCUT2D eigenvalue weighted by molar-refractivity contribution is -0.138. The number of benzene rings is 1. The Balaban J connectivity index is 1.57.